The number of aromatic nitrogens is 1. The van der Waals surface area contributed by atoms with E-state index in [0.29, 0.717) is 13.0 Å². The van der Waals surface area contributed by atoms with Crippen LogP contribution in [0.15, 0.2) is 79.1 Å². The number of nitrogens with one attached hydrogen (secondary N) is 1. The van der Waals surface area contributed by atoms with Gasteiger partial charge in [0, 0.05) is 31.5 Å². The quantitative estimate of drug-likeness (QED) is 0.335. The maximum atomic E-state index is 12.8. The molecule has 0 aliphatic heterocycles. The molecule has 1 amide bonds. The number of hydrogen-bond donors (Lipinski definition) is 4. The highest BCUT2D eigenvalue weighted by molar-refractivity contribution is 5.81. The van der Waals surface area contributed by atoms with Crippen LogP contribution in [0.3, 0.4) is 0 Å². The first-order valence-corrected chi connectivity index (χ1v) is 11.9. The van der Waals surface area contributed by atoms with Crippen LogP contribution in [-0.4, -0.2) is 45.7 Å². The predicted octanol–water partition coefficient (Wildman–Crippen LogP) is 2.89. The molecule has 0 saturated carbocycles. The molecule has 35 heavy (non-hydrogen) atoms. The van der Waals surface area contributed by atoms with E-state index in [2.05, 4.69) is 10.4 Å². The predicted molar refractivity (Wildman–Crippen MR) is 140 cm³/mol. The summed E-state index contributed by atoms with van der Waals surface area (Å²) in [5, 5.41) is 12.6. The fourth-order valence-electron chi connectivity index (χ4n) is 3.71. The number of hydrogen-bond acceptors (Lipinski definition) is 6. The number of aliphatic hydroxyl groups is 1. The molecular formula is C28H37N5O2. The van der Waals surface area contributed by atoms with E-state index in [-0.39, 0.29) is 17.9 Å². The molecule has 3 atom stereocenters. The van der Waals surface area contributed by atoms with Gasteiger partial charge in [0.25, 0.3) is 5.91 Å². The van der Waals surface area contributed by atoms with Crippen molar-refractivity contribution in [2.45, 2.75) is 51.9 Å². The number of hydrazine groups is 1. The maximum Gasteiger partial charge on any atom is 0.251 e. The highest BCUT2D eigenvalue weighted by Gasteiger charge is 2.29. The zero-order valence-corrected chi connectivity index (χ0v) is 20.8. The average molecular weight is 476 g/mol. The van der Waals surface area contributed by atoms with E-state index < -0.39 is 18.2 Å². The Labute approximate surface area is 208 Å². The number of carbonyl (C=O) groups excluding carboxylic acids is 1. The van der Waals surface area contributed by atoms with Gasteiger partial charge in [0.05, 0.1) is 12.1 Å². The Hall–Kier alpha value is -3.10. The van der Waals surface area contributed by atoms with E-state index in [1.54, 1.807) is 11.2 Å². The van der Waals surface area contributed by atoms with Crippen LogP contribution < -0.4 is 16.9 Å². The number of pyridine rings is 1. The van der Waals surface area contributed by atoms with Crippen LogP contribution in [0, 0.1) is 5.41 Å². The molecule has 3 rings (SSSR count). The number of benzene rings is 2. The molecule has 1 heterocycles. The first kappa shape index (κ1) is 26.5. The van der Waals surface area contributed by atoms with E-state index >= 15 is 0 Å². The Balaban J connectivity index is 1.65. The van der Waals surface area contributed by atoms with E-state index in [4.69, 9.17) is 11.5 Å². The monoisotopic (exact) mass is 475 g/mol. The molecule has 3 unspecified atom stereocenters. The number of rotatable bonds is 10. The molecule has 186 valence electrons. The van der Waals surface area contributed by atoms with Gasteiger partial charge >= 0.3 is 0 Å². The minimum absolute atomic E-state index is 0.173. The zero-order chi connectivity index (χ0) is 25.4. The third-order valence-electron chi connectivity index (χ3n) is 6.02. The second kappa shape index (κ2) is 12.0. The van der Waals surface area contributed by atoms with Crippen LogP contribution in [0.4, 0.5) is 0 Å². The van der Waals surface area contributed by atoms with Gasteiger partial charge in [-0.25, -0.2) is 5.01 Å². The van der Waals surface area contributed by atoms with Crippen LogP contribution in [0.2, 0.25) is 0 Å². The summed E-state index contributed by atoms with van der Waals surface area (Å²) in [5.74, 6) is -0.291. The largest absolute Gasteiger partial charge is 0.390 e. The van der Waals surface area contributed by atoms with E-state index in [0.717, 1.165) is 22.3 Å². The highest BCUT2D eigenvalue weighted by atomic mass is 16.3. The topological polar surface area (TPSA) is 118 Å². The van der Waals surface area contributed by atoms with Crippen LogP contribution in [0.25, 0.3) is 11.1 Å². The maximum absolute atomic E-state index is 12.8. The molecule has 7 nitrogen and oxygen atoms in total. The second-order valence-corrected chi connectivity index (χ2v) is 10.1. The smallest absolute Gasteiger partial charge is 0.251 e. The molecular weight excluding hydrogens is 438 g/mol. The van der Waals surface area contributed by atoms with Crippen molar-refractivity contribution in [2.24, 2.45) is 16.9 Å². The first-order chi connectivity index (χ1) is 16.6. The van der Waals surface area contributed by atoms with Crippen molar-refractivity contribution < 1.29 is 9.90 Å². The minimum atomic E-state index is -0.858. The summed E-state index contributed by atoms with van der Waals surface area (Å²) in [6.45, 7) is 6.36. The average Bonchev–Trinajstić information content (AvgIpc) is 2.84. The van der Waals surface area contributed by atoms with E-state index in [1.165, 1.54) is 0 Å². The Kier molecular flexibility index (Phi) is 9.12. The van der Waals surface area contributed by atoms with Crippen LogP contribution >= 0.6 is 0 Å². The Morgan fingerprint density at radius 3 is 2.26 bits per heavy atom. The van der Waals surface area contributed by atoms with Gasteiger partial charge in [-0.1, -0.05) is 81.4 Å². The van der Waals surface area contributed by atoms with Crippen molar-refractivity contribution in [2.75, 3.05) is 6.54 Å². The van der Waals surface area contributed by atoms with Crippen molar-refractivity contribution in [1.29, 1.82) is 0 Å². The number of nitrogens with zero attached hydrogens (tertiary/aromatic N) is 2. The van der Waals surface area contributed by atoms with Gasteiger partial charge < -0.3 is 16.6 Å². The SMILES string of the molecule is CC(C)(C)C(N)C(=O)NN(Cc1ccccc1)CC(O)C(N)Cc1ccc(-c2cccnc2)cc1. The third-order valence-corrected chi connectivity index (χ3v) is 6.02. The Morgan fingerprint density at radius 2 is 1.66 bits per heavy atom. The van der Waals surface area contributed by atoms with Gasteiger partial charge in [-0.2, -0.15) is 0 Å². The van der Waals surface area contributed by atoms with Gasteiger partial charge in [0.2, 0.25) is 0 Å². The normalized spacial score (nSPS) is 14.4. The first-order valence-electron chi connectivity index (χ1n) is 11.9. The summed E-state index contributed by atoms with van der Waals surface area (Å²) < 4.78 is 0. The molecule has 1 aromatic heterocycles. The molecule has 0 spiro atoms. The minimum Gasteiger partial charge on any atom is -0.390 e. The number of amides is 1. The lowest BCUT2D eigenvalue weighted by atomic mass is 9.87. The molecule has 0 aliphatic carbocycles. The van der Waals surface area contributed by atoms with Gasteiger partial charge in [-0.3, -0.25) is 15.2 Å². The molecule has 6 N–H and O–H groups in total. The van der Waals surface area contributed by atoms with E-state index in [1.807, 2.05) is 93.7 Å². The summed E-state index contributed by atoms with van der Waals surface area (Å²) in [4.78, 5) is 16.9. The molecule has 7 heteroatoms. The summed E-state index contributed by atoms with van der Waals surface area (Å²) >= 11 is 0. The second-order valence-electron chi connectivity index (χ2n) is 10.1. The lowest BCUT2D eigenvalue weighted by molar-refractivity contribution is -0.130. The number of nitrogens with two attached hydrogens (primary N) is 2. The third kappa shape index (κ3) is 7.97. The van der Waals surface area contributed by atoms with Crippen molar-refractivity contribution in [1.82, 2.24) is 15.4 Å². The van der Waals surface area contributed by atoms with Gasteiger partial charge in [-0.15, -0.1) is 0 Å². The highest BCUT2D eigenvalue weighted by Crippen LogP contribution is 2.20. The lowest BCUT2D eigenvalue weighted by Gasteiger charge is -2.32. The number of aliphatic hydroxyl groups excluding tert-OH is 1. The standard InChI is InChI=1S/C28H37N5O2/c1-28(2,3)26(30)27(35)32-33(18-21-8-5-4-6-9-21)19-25(34)24(29)16-20-11-13-22(14-12-20)23-10-7-15-31-17-23/h4-15,17,24-26,34H,16,18-19,29-30H2,1-3H3,(H,32,35). The molecule has 0 saturated heterocycles. The van der Waals surface area contributed by atoms with Gasteiger partial charge in [0.1, 0.15) is 0 Å². The van der Waals surface area contributed by atoms with Crippen LogP contribution in [0.5, 0.6) is 0 Å². The summed E-state index contributed by atoms with van der Waals surface area (Å²) in [6.07, 6.45) is 3.22. The molecule has 3 aromatic rings. The Morgan fingerprint density at radius 1 is 0.971 bits per heavy atom. The number of carbonyl (C=O) groups is 1. The van der Waals surface area contributed by atoms with Crippen molar-refractivity contribution in [3.63, 3.8) is 0 Å². The summed E-state index contributed by atoms with van der Waals surface area (Å²) in [7, 11) is 0. The molecule has 0 bridgehead atoms. The molecule has 2 aromatic carbocycles. The van der Waals surface area contributed by atoms with Crippen molar-refractivity contribution >= 4 is 5.91 Å². The molecule has 0 fully saturated rings. The van der Waals surface area contributed by atoms with Crippen LogP contribution in [0.1, 0.15) is 31.9 Å². The Bertz CT molecular complexity index is 1050. The van der Waals surface area contributed by atoms with Gasteiger partial charge in [-0.05, 0) is 40.2 Å². The summed E-state index contributed by atoms with van der Waals surface area (Å²) in [6, 6.07) is 20.6. The summed E-state index contributed by atoms with van der Waals surface area (Å²) in [5.41, 5.74) is 19.2. The van der Waals surface area contributed by atoms with Crippen molar-refractivity contribution in [3.05, 3.63) is 90.3 Å². The fraction of sp³-hybridized carbons (Fsp3) is 0.357. The van der Waals surface area contributed by atoms with Gasteiger partial charge in [0.15, 0.2) is 0 Å². The molecule has 0 radical (unpaired) electrons. The lowest BCUT2D eigenvalue weighted by Crippen LogP contribution is -2.56. The molecule has 0 aliphatic rings. The van der Waals surface area contributed by atoms with Crippen LogP contribution in [-0.2, 0) is 17.8 Å². The van der Waals surface area contributed by atoms with E-state index in [9.17, 15) is 9.90 Å². The fourth-order valence-corrected chi connectivity index (χ4v) is 3.71. The van der Waals surface area contributed by atoms with Crippen molar-refractivity contribution in [3.8, 4) is 11.1 Å². The zero-order valence-electron chi connectivity index (χ0n) is 20.8.